The fourth-order valence-electron chi connectivity index (χ4n) is 4.24. The van der Waals surface area contributed by atoms with E-state index in [0.29, 0.717) is 5.56 Å². The summed E-state index contributed by atoms with van der Waals surface area (Å²) in [7, 11) is 0. The summed E-state index contributed by atoms with van der Waals surface area (Å²) in [5.41, 5.74) is -3.96. The number of carboxylic acid groups (broad SMARTS) is 2. The van der Waals surface area contributed by atoms with E-state index in [-0.39, 0.29) is 46.5 Å². The first-order valence-corrected chi connectivity index (χ1v) is 14.5. The second kappa shape index (κ2) is 15.6. The largest absolute Gasteiger partial charge is 0.481 e. The molecule has 0 aromatic heterocycles. The zero-order valence-electron chi connectivity index (χ0n) is 26.5. The van der Waals surface area contributed by atoms with E-state index in [1.807, 2.05) is 0 Å². The Hall–Kier alpha value is -5.80. The Morgan fingerprint density at radius 2 is 1.06 bits per heavy atom. The average molecular weight is 709 g/mol. The molecule has 0 unspecified atom stereocenters. The monoisotopic (exact) mass is 708 g/mol. The molecule has 10 nitrogen and oxygen atoms in total. The molecule has 3 rings (SSSR count). The van der Waals surface area contributed by atoms with Crippen molar-refractivity contribution in [1.29, 1.82) is 0 Å². The first-order chi connectivity index (χ1) is 23.2. The van der Waals surface area contributed by atoms with Crippen molar-refractivity contribution in [3.05, 3.63) is 95.6 Å². The van der Waals surface area contributed by atoms with E-state index in [4.69, 9.17) is 19.7 Å². The predicted molar refractivity (Wildman–Crippen MR) is 168 cm³/mol. The fraction of sp³-hybridized carbons (Fsp3) is 0.235. The quantitative estimate of drug-likeness (QED) is 0.108. The first-order valence-electron chi connectivity index (χ1n) is 14.5. The van der Waals surface area contributed by atoms with E-state index >= 15 is 0 Å². The molecule has 0 spiro atoms. The van der Waals surface area contributed by atoms with Gasteiger partial charge in [0.1, 0.15) is 22.6 Å². The minimum atomic E-state index is -5.15. The molecule has 0 saturated carbocycles. The number of nitrogens with one attached hydrogen (secondary N) is 2. The van der Waals surface area contributed by atoms with Gasteiger partial charge in [-0.15, -0.1) is 0 Å². The number of ether oxygens (including phenoxy) is 2. The van der Waals surface area contributed by atoms with Crippen LogP contribution in [-0.4, -0.2) is 46.3 Å². The van der Waals surface area contributed by atoms with Gasteiger partial charge in [-0.3, -0.25) is 19.2 Å². The Morgan fingerprint density at radius 1 is 0.640 bits per heavy atom. The van der Waals surface area contributed by atoms with Gasteiger partial charge in [-0.2, -0.15) is 26.3 Å². The molecule has 4 N–H and O–H groups in total. The van der Waals surface area contributed by atoms with Gasteiger partial charge < -0.3 is 30.3 Å². The molecular formula is C34H30F6N2O8. The lowest BCUT2D eigenvalue weighted by Crippen LogP contribution is -2.26. The van der Waals surface area contributed by atoms with Crippen molar-refractivity contribution in [3.8, 4) is 23.0 Å². The maximum atomic E-state index is 13.5. The molecular weight excluding hydrogens is 678 g/mol. The number of hydrogen-bond donors (Lipinski definition) is 4. The number of carbonyl (C=O) groups is 4. The fourth-order valence-corrected chi connectivity index (χ4v) is 4.24. The summed E-state index contributed by atoms with van der Waals surface area (Å²) in [6, 6.07) is 15.5. The summed E-state index contributed by atoms with van der Waals surface area (Å²) in [5, 5.41) is 21.8. The summed E-state index contributed by atoms with van der Waals surface area (Å²) in [6.45, 7) is 5.39. The summed E-state index contributed by atoms with van der Waals surface area (Å²) in [6.07, 6.45) is -11.9. The van der Waals surface area contributed by atoms with Crippen molar-refractivity contribution >= 4 is 35.1 Å². The van der Waals surface area contributed by atoms with E-state index in [9.17, 15) is 45.5 Å². The van der Waals surface area contributed by atoms with Gasteiger partial charge in [0, 0.05) is 5.56 Å². The van der Waals surface area contributed by atoms with Crippen molar-refractivity contribution in [2.45, 2.75) is 51.4 Å². The third-order valence-corrected chi connectivity index (χ3v) is 6.54. The van der Waals surface area contributed by atoms with Crippen LogP contribution in [0.2, 0.25) is 0 Å². The van der Waals surface area contributed by atoms with Crippen LogP contribution in [0.1, 0.15) is 39.2 Å². The number of benzene rings is 3. The van der Waals surface area contributed by atoms with Crippen LogP contribution in [0.5, 0.6) is 23.0 Å². The molecule has 0 saturated heterocycles. The number of rotatable bonds is 12. The molecule has 3 aromatic carbocycles. The van der Waals surface area contributed by atoms with E-state index in [2.05, 4.69) is 10.6 Å². The third-order valence-electron chi connectivity index (χ3n) is 6.54. The lowest BCUT2D eigenvalue weighted by Gasteiger charge is -2.24. The molecule has 0 aliphatic heterocycles. The van der Waals surface area contributed by atoms with Gasteiger partial charge in [0.25, 0.3) is 11.8 Å². The normalized spacial score (nSPS) is 12.6. The zero-order valence-corrected chi connectivity index (χ0v) is 26.5. The van der Waals surface area contributed by atoms with Crippen LogP contribution in [0.3, 0.4) is 0 Å². The topological polar surface area (TPSA) is 151 Å². The summed E-state index contributed by atoms with van der Waals surface area (Å²) >= 11 is 0. The standard InChI is InChI=1S/C34H30F6N2O8/c1-32(2,3)22-18-19(49-26-10-6-4-8-23(26)41-30(47)20(33(35,36)37)13-16-28(43)44)12-15-25(22)50-27-11-7-5-9-24(27)42-31(48)21(34(38,39)40)14-17-29(45)46/h4-15,18H,16-17H2,1-3H3,(H,41,47)(H,42,48)(H,43,44)(H,45,46). The first kappa shape index (κ1) is 38.6. The molecule has 0 aliphatic carbocycles. The highest BCUT2D eigenvalue weighted by Crippen LogP contribution is 2.41. The van der Waals surface area contributed by atoms with Gasteiger partial charge in [-0.05, 0) is 47.9 Å². The molecule has 266 valence electrons. The number of hydrogen-bond acceptors (Lipinski definition) is 6. The van der Waals surface area contributed by atoms with E-state index in [1.54, 1.807) is 20.8 Å². The minimum absolute atomic E-state index is 0.0655. The molecule has 0 heterocycles. The van der Waals surface area contributed by atoms with Crippen molar-refractivity contribution in [2.75, 3.05) is 10.6 Å². The van der Waals surface area contributed by atoms with Crippen LogP contribution in [-0.2, 0) is 24.6 Å². The summed E-state index contributed by atoms with van der Waals surface area (Å²) in [4.78, 5) is 46.8. The molecule has 0 radical (unpaired) electrons. The second-order valence-corrected chi connectivity index (χ2v) is 11.4. The van der Waals surface area contributed by atoms with Gasteiger partial charge in [-0.1, -0.05) is 57.2 Å². The molecule has 0 atom stereocenters. The maximum Gasteiger partial charge on any atom is 0.421 e. The Kier molecular flexibility index (Phi) is 12.1. The predicted octanol–water partition coefficient (Wildman–Crippen LogP) is 8.37. The van der Waals surface area contributed by atoms with Crippen LogP contribution in [0.25, 0.3) is 0 Å². The van der Waals surface area contributed by atoms with Crippen molar-refractivity contribution in [3.63, 3.8) is 0 Å². The van der Waals surface area contributed by atoms with E-state index in [1.165, 1.54) is 66.7 Å². The Bertz CT molecular complexity index is 1830. The number of aliphatic carboxylic acids is 2. The van der Waals surface area contributed by atoms with Gasteiger partial charge in [0.2, 0.25) is 0 Å². The highest BCUT2D eigenvalue weighted by molar-refractivity contribution is 6.06. The number of halogens is 6. The second-order valence-electron chi connectivity index (χ2n) is 11.4. The molecule has 50 heavy (non-hydrogen) atoms. The highest BCUT2D eigenvalue weighted by atomic mass is 19.4. The van der Waals surface area contributed by atoms with Crippen molar-refractivity contribution < 1.29 is 65.2 Å². The number of carboxylic acids is 2. The number of amides is 2. The van der Waals surface area contributed by atoms with Crippen LogP contribution in [0.15, 0.2) is 90.0 Å². The summed E-state index contributed by atoms with van der Waals surface area (Å²) < 4.78 is 93.0. The lowest BCUT2D eigenvalue weighted by atomic mass is 9.86. The molecule has 0 fully saturated rings. The molecule has 2 amide bonds. The number of carbonyl (C=O) groups excluding carboxylic acids is 2. The van der Waals surface area contributed by atoms with Crippen molar-refractivity contribution in [2.24, 2.45) is 0 Å². The maximum absolute atomic E-state index is 13.5. The summed E-state index contributed by atoms with van der Waals surface area (Å²) in [5.74, 6) is -6.17. The smallest absolute Gasteiger partial charge is 0.421 e. The Morgan fingerprint density at radius 3 is 1.46 bits per heavy atom. The van der Waals surface area contributed by atoms with Crippen LogP contribution in [0.4, 0.5) is 37.7 Å². The third kappa shape index (κ3) is 10.9. The number of anilines is 2. The molecule has 0 bridgehead atoms. The van der Waals surface area contributed by atoms with Gasteiger partial charge in [0.05, 0.1) is 24.2 Å². The highest BCUT2D eigenvalue weighted by Gasteiger charge is 2.40. The Balaban J connectivity index is 1.93. The SMILES string of the molecule is CC(C)(C)c1cc(Oc2ccccc2NC(=O)C(=CCC(=O)O)C(F)(F)F)ccc1Oc1ccccc1NC(=O)C(=CCC(=O)O)C(F)(F)F. The van der Waals surface area contributed by atoms with E-state index in [0.717, 1.165) is 0 Å². The van der Waals surface area contributed by atoms with Gasteiger partial charge in [0.15, 0.2) is 11.5 Å². The van der Waals surface area contributed by atoms with Crippen LogP contribution in [0, 0.1) is 0 Å². The average Bonchev–Trinajstić information content (AvgIpc) is 2.97. The van der Waals surface area contributed by atoms with Gasteiger partial charge in [-0.25, -0.2) is 0 Å². The molecule has 0 aliphatic rings. The molecule has 3 aromatic rings. The van der Waals surface area contributed by atoms with Crippen LogP contribution < -0.4 is 20.1 Å². The van der Waals surface area contributed by atoms with Crippen LogP contribution >= 0.6 is 0 Å². The number of para-hydroxylation sites is 4. The zero-order chi connectivity index (χ0) is 37.4. The van der Waals surface area contributed by atoms with E-state index < -0.39 is 65.5 Å². The van der Waals surface area contributed by atoms with Gasteiger partial charge >= 0.3 is 24.3 Å². The minimum Gasteiger partial charge on any atom is -0.481 e. The van der Waals surface area contributed by atoms with Crippen molar-refractivity contribution in [1.82, 2.24) is 0 Å². The molecule has 16 heteroatoms. The number of alkyl halides is 6. The lowest BCUT2D eigenvalue weighted by molar-refractivity contribution is -0.137. The Labute approximate surface area is 281 Å².